The van der Waals surface area contributed by atoms with Gasteiger partial charge in [-0.1, -0.05) is 26.0 Å². The van der Waals surface area contributed by atoms with E-state index in [1.807, 2.05) is 24.3 Å². The maximum atomic E-state index is 5.72. The molecule has 6 heteroatoms. The van der Waals surface area contributed by atoms with Gasteiger partial charge in [0.15, 0.2) is 0 Å². The standard InChI is InChI=1S/C15H20N4OS/c1-11(2)6-7-20-13-5-3-4-12(8-13)9-17-19-15-18-14(16)10-21-15/h3-5,8-11H,6-7,16H2,1-2H3,(H,18,19). The third-order valence-electron chi connectivity index (χ3n) is 2.72. The lowest BCUT2D eigenvalue weighted by atomic mass is 10.1. The summed E-state index contributed by atoms with van der Waals surface area (Å²) in [5.74, 6) is 2.00. The summed E-state index contributed by atoms with van der Waals surface area (Å²) in [5, 5.41) is 6.58. The second kappa shape index (κ2) is 7.64. The molecule has 0 aliphatic carbocycles. The van der Waals surface area contributed by atoms with E-state index in [0.29, 0.717) is 16.9 Å². The molecule has 0 aliphatic heterocycles. The van der Waals surface area contributed by atoms with Crippen molar-refractivity contribution in [2.75, 3.05) is 17.8 Å². The molecule has 0 saturated heterocycles. The molecule has 3 N–H and O–H groups in total. The van der Waals surface area contributed by atoms with Crippen LogP contribution < -0.4 is 15.9 Å². The first kappa shape index (κ1) is 15.3. The number of aromatic nitrogens is 1. The Morgan fingerprint density at radius 1 is 1.48 bits per heavy atom. The van der Waals surface area contributed by atoms with E-state index >= 15 is 0 Å². The lowest BCUT2D eigenvalue weighted by molar-refractivity contribution is 0.289. The van der Waals surface area contributed by atoms with Crippen molar-refractivity contribution >= 4 is 28.5 Å². The van der Waals surface area contributed by atoms with E-state index in [1.54, 1.807) is 11.6 Å². The number of benzene rings is 1. The molecule has 0 aliphatic rings. The summed E-state index contributed by atoms with van der Waals surface area (Å²) in [4.78, 5) is 4.06. The van der Waals surface area contributed by atoms with Gasteiger partial charge in [0.25, 0.3) is 0 Å². The molecular weight excluding hydrogens is 284 g/mol. The van der Waals surface area contributed by atoms with Crippen LogP contribution in [0.5, 0.6) is 5.75 Å². The molecule has 0 saturated carbocycles. The predicted octanol–water partition coefficient (Wildman–Crippen LogP) is 3.60. The van der Waals surface area contributed by atoms with E-state index < -0.39 is 0 Å². The number of rotatable bonds is 7. The van der Waals surface area contributed by atoms with E-state index in [1.165, 1.54) is 11.3 Å². The van der Waals surface area contributed by atoms with Crippen LogP contribution in [0.3, 0.4) is 0 Å². The molecule has 0 fully saturated rings. The molecule has 21 heavy (non-hydrogen) atoms. The average Bonchev–Trinajstić information content (AvgIpc) is 2.85. The number of thiazole rings is 1. The Balaban J connectivity index is 1.88. The molecule has 0 radical (unpaired) electrons. The van der Waals surface area contributed by atoms with Gasteiger partial charge in [0.05, 0.1) is 12.8 Å². The summed E-state index contributed by atoms with van der Waals surface area (Å²) in [5.41, 5.74) is 9.35. The van der Waals surface area contributed by atoms with Crippen LogP contribution >= 0.6 is 11.3 Å². The van der Waals surface area contributed by atoms with Crippen LogP contribution in [0.25, 0.3) is 0 Å². The third-order valence-corrected chi connectivity index (χ3v) is 3.48. The third kappa shape index (κ3) is 5.43. The minimum atomic E-state index is 0.498. The quantitative estimate of drug-likeness (QED) is 0.605. The summed E-state index contributed by atoms with van der Waals surface area (Å²) < 4.78 is 5.72. The van der Waals surface area contributed by atoms with Crippen molar-refractivity contribution in [2.24, 2.45) is 11.0 Å². The maximum Gasteiger partial charge on any atom is 0.205 e. The molecule has 2 rings (SSSR count). The van der Waals surface area contributed by atoms with Crippen molar-refractivity contribution in [3.05, 3.63) is 35.2 Å². The van der Waals surface area contributed by atoms with Gasteiger partial charge in [0.2, 0.25) is 5.13 Å². The number of nitrogens with two attached hydrogens (primary N) is 1. The lowest BCUT2D eigenvalue weighted by Gasteiger charge is -2.08. The van der Waals surface area contributed by atoms with Crippen LogP contribution in [0.4, 0.5) is 10.9 Å². The largest absolute Gasteiger partial charge is 0.494 e. The summed E-state index contributed by atoms with van der Waals surface area (Å²) >= 11 is 1.42. The van der Waals surface area contributed by atoms with Gasteiger partial charge in [0.1, 0.15) is 11.6 Å². The molecule has 1 aromatic heterocycles. The van der Waals surface area contributed by atoms with Crippen LogP contribution in [0.1, 0.15) is 25.8 Å². The number of hydrogen-bond acceptors (Lipinski definition) is 6. The van der Waals surface area contributed by atoms with Gasteiger partial charge in [0, 0.05) is 5.38 Å². The fourth-order valence-electron chi connectivity index (χ4n) is 1.60. The monoisotopic (exact) mass is 304 g/mol. The van der Waals surface area contributed by atoms with Crippen LogP contribution in [0, 0.1) is 5.92 Å². The van der Waals surface area contributed by atoms with Crippen LogP contribution in [0.15, 0.2) is 34.7 Å². The summed E-state index contributed by atoms with van der Waals surface area (Å²) in [7, 11) is 0. The Hall–Kier alpha value is -2.08. The fourth-order valence-corrected chi connectivity index (χ4v) is 2.15. The molecule has 2 aromatic rings. The highest BCUT2D eigenvalue weighted by Crippen LogP contribution is 2.16. The minimum absolute atomic E-state index is 0.498. The van der Waals surface area contributed by atoms with Crippen LogP contribution in [-0.4, -0.2) is 17.8 Å². The van der Waals surface area contributed by atoms with Crippen molar-refractivity contribution < 1.29 is 4.74 Å². The number of hydrogen-bond donors (Lipinski definition) is 2. The Morgan fingerprint density at radius 2 is 2.33 bits per heavy atom. The van der Waals surface area contributed by atoms with Crippen molar-refractivity contribution in [2.45, 2.75) is 20.3 Å². The minimum Gasteiger partial charge on any atom is -0.494 e. The first-order chi connectivity index (χ1) is 10.1. The van der Waals surface area contributed by atoms with Gasteiger partial charge in [-0.05, 0) is 30.0 Å². The average molecular weight is 304 g/mol. The number of nitrogen functional groups attached to an aromatic ring is 1. The Morgan fingerprint density at radius 3 is 3.05 bits per heavy atom. The number of nitrogens with one attached hydrogen (secondary N) is 1. The van der Waals surface area contributed by atoms with E-state index in [0.717, 1.165) is 24.3 Å². The van der Waals surface area contributed by atoms with Crippen molar-refractivity contribution in [1.82, 2.24) is 4.98 Å². The molecule has 0 bridgehead atoms. The molecule has 0 spiro atoms. The first-order valence-electron chi connectivity index (χ1n) is 6.86. The molecule has 0 amide bonds. The molecule has 5 nitrogen and oxygen atoms in total. The predicted molar refractivity (Wildman–Crippen MR) is 89.1 cm³/mol. The number of anilines is 2. The number of hydrazone groups is 1. The molecular formula is C15H20N4OS. The first-order valence-corrected chi connectivity index (χ1v) is 7.74. The zero-order valence-corrected chi connectivity index (χ0v) is 13.1. The van der Waals surface area contributed by atoms with Gasteiger partial charge < -0.3 is 10.5 Å². The normalized spacial score (nSPS) is 11.2. The molecule has 0 unspecified atom stereocenters. The lowest BCUT2D eigenvalue weighted by Crippen LogP contribution is -2.01. The number of ether oxygens (including phenoxy) is 1. The summed E-state index contributed by atoms with van der Waals surface area (Å²) in [6, 6.07) is 7.83. The van der Waals surface area contributed by atoms with E-state index in [9.17, 15) is 0 Å². The smallest absolute Gasteiger partial charge is 0.205 e. The highest BCUT2D eigenvalue weighted by atomic mass is 32.1. The molecule has 0 atom stereocenters. The van der Waals surface area contributed by atoms with Crippen LogP contribution in [-0.2, 0) is 0 Å². The Labute approximate surface area is 128 Å². The van der Waals surface area contributed by atoms with Gasteiger partial charge >= 0.3 is 0 Å². The zero-order chi connectivity index (χ0) is 15.1. The van der Waals surface area contributed by atoms with Gasteiger partial charge in [-0.15, -0.1) is 11.3 Å². The molecule has 1 aromatic carbocycles. The van der Waals surface area contributed by atoms with Crippen molar-refractivity contribution in [3.63, 3.8) is 0 Å². The maximum absolute atomic E-state index is 5.72. The van der Waals surface area contributed by atoms with Crippen LogP contribution in [0.2, 0.25) is 0 Å². The topological polar surface area (TPSA) is 72.5 Å². The summed E-state index contributed by atoms with van der Waals surface area (Å²) in [6.07, 6.45) is 2.78. The van der Waals surface area contributed by atoms with E-state index in [-0.39, 0.29) is 0 Å². The highest BCUT2D eigenvalue weighted by Gasteiger charge is 1.98. The number of nitrogens with zero attached hydrogens (tertiary/aromatic N) is 2. The fraction of sp³-hybridized carbons (Fsp3) is 0.333. The van der Waals surface area contributed by atoms with Gasteiger partial charge in [-0.3, -0.25) is 5.43 Å². The van der Waals surface area contributed by atoms with E-state index in [4.69, 9.17) is 10.5 Å². The highest BCUT2D eigenvalue weighted by molar-refractivity contribution is 7.14. The Bertz CT molecular complexity index is 595. The molecule has 112 valence electrons. The van der Waals surface area contributed by atoms with E-state index in [2.05, 4.69) is 29.4 Å². The zero-order valence-electron chi connectivity index (χ0n) is 12.2. The SMILES string of the molecule is CC(C)CCOc1cccc(C=NNc2nc(N)cs2)c1. The summed E-state index contributed by atoms with van der Waals surface area (Å²) in [6.45, 7) is 5.10. The Kier molecular flexibility index (Phi) is 5.57. The van der Waals surface area contributed by atoms with Gasteiger partial charge in [-0.25, -0.2) is 4.98 Å². The molecule has 1 heterocycles. The second-order valence-corrected chi connectivity index (χ2v) is 5.91. The van der Waals surface area contributed by atoms with Gasteiger partial charge in [-0.2, -0.15) is 5.10 Å². The second-order valence-electron chi connectivity index (χ2n) is 5.05. The van der Waals surface area contributed by atoms with Crippen molar-refractivity contribution in [3.8, 4) is 5.75 Å². The van der Waals surface area contributed by atoms with Crippen molar-refractivity contribution in [1.29, 1.82) is 0 Å².